The van der Waals surface area contributed by atoms with Crippen LogP contribution in [0.4, 0.5) is 0 Å². The van der Waals surface area contributed by atoms with Gasteiger partial charge in [0.05, 0.1) is 11.6 Å². The smallest absolute Gasteiger partial charge is 0.0991 e. The average molecular weight is 159 g/mol. The summed E-state index contributed by atoms with van der Waals surface area (Å²) in [5.74, 6) is 0. The summed E-state index contributed by atoms with van der Waals surface area (Å²) in [7, 11) is 0. The maximum atomic E-state index is 8.63. The minimum atomic E-state index is 0.757. The molecule has 1 rings (SSSR count). The van der Waals surface area contributed by atoms with Crippen LogP contribution in [0.2, 0.25) is 0 Å². The molecule has 0 unspecified atom stereocenters. The molecule has 0 aliphatic rings. The Kier molecular flexibility index (Phi) is 2.88. The second kappa shape index (κ2) is 3.92. The quantitative estimate of drug-likeness (QED) is 0.651. The van der Waals surface area contributed by atoms with E-state index in [1.165, 1.54) is 11.1 Å². The highest BCUT2D eigenvalue weighted by atomic mass is 14.2. The molecule has 0 aliphatic carbocycles. The Balaban J connectivity index is 2.97. The molecule has 12 heavy (non-hydrogen) atoms. The van der Waals surface area contributed by atoms with Crippen molar-refractivity contribution in [1.82, 2.24) is 0 Å². The van der Waals surface area contributed by atoms with Gasteiger partial charge in [-0.3, -0.25) is 0 Å². The highest BCUT2D eigenvalue weighted by molar-refractivity contribution is 5.37. The van der Waals surface area contributed by atoms with E-state index in [1.807, 2.05) is 12.1 Å². The molecular formula is C11H13N. The summed E-state index contributed by atoms with van der Waals surface area (Å²) in [6, 6.07) is 8.03. The van der Waals surface area contributed by atoms with Crippen molar-refractivity contribution in [1.29, 1.82) is 5.26 Å². The molecule has 0 bridgehead atoms. The van der Waals surface area contributed by atoms with Crippen LogP contribution in [0.1, 0.15) is 30.0 Å². The second-order valence-electron chi connectivity index (χ2n) is 3.00. The van der Waals surface area contributed by atoms with E-state index < -0.39 is 0 Å². The molecule has 62 valence electrons. The molecule has 0 radical (unpaired) electrons. The van der Waals surface area contributed by atoms with E-state index >= 15 is 0 Å². The molecule has 1 aromatic carbocycles. The molecule has 1 nitrogen and oxygen atoms in total. The van der Waals surface area contributed by atoms with E-state index in [1.54, 1.807) is 0 Å². The van der Waals surface area contributed by atoms with Gasteiger partial charge in [0.2, 0.25) is 0 Å². The van der Waals surface area contributed by atoms with Gasteiger partial charge in [0.25, 0.3) is 0 Å². The van der Waals surface area contributed by atoms with Crippen molar-refractivity contribution >= 4 is 0 Å². The van der Waals surface area contributed by atoms with Crippen molar-refractivity contribution in [2.45, 2.75) is 26.7 Å². The number of hydrogen-bond acceptors (Lipinski definition) is 1. The van der Waals surface area contributed by atoms with Crippen LogP contribution in [0, 0.1) is 18.3 Å². The highest BCUT2D eigenvalue weighted by Crippen LogP contribution is 2.12. The van der Waals surface area contributed by atoms with Gasteiger partial charge < -0.3 is 0 Å². The number of benzene rings is 1. The van der Waals surface area contributed by atoms with E-state index in [0.717, 1.165) is 18.4 Å². The molecule has 0 N–H and O–H groups in total. The Morgan fingerprint density at radius 3 is 2.67 bits per heavy atom. The summed E-state index contributed by atoms with van der Waals surface area (Å²) in [4.78, 5) is 0. The summed E-state index contributed by atoms with van der Waals surface area (Å²) in [6.45, 7) is 4.23. The molecule has 0 amide bonds. The minimum absolute atomic E-state index is 0.757. The van der Waals surface area contributed by atoms with Gasteiger partial charge >= 0.3 is 0 Å². The molecule has 0 saturated heterocycles. The van der Waals surface area contributed by atoms with Crippen molar-refractivity contribution in [3.63, 3.8) is 0 Å². The molecule has 0 aromatic heterocycles. The predicted molar refractivity (Wildman–Crippen MR) is 49.9 cm³/mol. The fraction of sp³-hybridized carbons (Fsp3) is 0.364. The third-order valence-electron chi connectivity index (χ3n) is 1.99. The Morgan fingerprint density at radius 1 is 1.42 bits per heavy atom. The van der Waals surface area contributed by atoms with Gasteiger partial charge in [-0.1, -0.05) is 19.4 Å². The van der Waals surface area contributed by atoms with Crippen molar-refractivity contribution in [2.75, 3.05) is 0 Å². The molecule has 0 heterocycles. The van der Waals surface area contributed by atoms with E-state index in [2.05, 4.69) is 26.0 Å². The van der Waals surface area contributed by atoms with Gasteiger partial charge in [-0.2, -0.15) is 5.26 Å². The van der Waals surface area contributed by atoms with E-state index in [-0.39, 0.29) is 0 Å². The summed E-state index contributed by atoms with van der Waals surface area (Å²) < 4.78 is 0. The van der Waals surface area contributed by atoms with Crippen LogP contribution in [0.3, 0.4) is 0 Å². The number of aryl methyl sites for hydroxylation is 2. The Hall–Kier alpha value is -1.29. The lowest BCUT2D eigenvalue weighted by molar-refractivity contribution is 0.912. The third-order valence-corrected chi connectivity index (χ3v) is 1.99. The van der Waals surface area contributed by atoms with Crippen molar-refractivity contribution in [2.24, 2.45) is 0 Å². The van der Waals surface area contributed by atoms with Crippen LogP contribution in [0.15, 0.2) is 18.2 Å². The lowest BCUT2D eigenvalue weighted by atomic mass is 10.0. The van der Waals surface area contributed by atoms with E-state index in [0.29, 0.717) is 0 Å². The molecule has 1 heteroatoms. The fourth-order valence-electron chi connectivity index (χ4n) is 1.32. The third kappa shape index (κ3) is 1.85. The van der Waals surface area contributed by atoms with Crippen LogP contribution in [0.25, 0.3) is 0 Å². The zero-order valence-electron chi connectivity index (χ0n) is 7.59. The molecule has 0 spiro atoms. The first-order chi connectivity index (χ1) is 5.77. The van der Waals surface area contributed by atoms with Gasteiger partial charge in [0.15, 0.2) is 0 Å². The largest absolute Gasteiger partial charge is 0.192 e. The standard InChI is InChI=1S/C11H13N/c1-3-4-11-6-5-10(8-12)7-9(11)2/h5-7H,3-4H2,1-2H3. The molecule has 1 aromatic rings. The topological polar surface area (TPSA) is 23.8 Å². The number of hydrogen-bond donors (Lipinski definition) is 0. The summed E-state index contributed by atoms with van der Waals surface area (Å²) in [5, 5.41) is 8.63. The van der Waals surface area contributed by atoms with Crippen LogP contribution < -0.4 is 0 Å². The first kappa shape index (κ1) is 8.80. The number of nitrogens with zero attached hydrogens (tertiary/aromatic N) is 1. The van der Waals surface area contributed by atoms with Gasteiger partial charge in [0.1, 0.15) is 0 Å². The monoisotopic (exact) mass is 159 g/mol. The summed E-state index contributed by atoms with van der Waals surface area (Å²) in [6.07, 6.45) is 2.27. The Morgan fingerprint density at radius 2 is 2.17 bits per heavy atom. The zero-order valence-corrected chi connectivity index (χ0v) is 7.59. The van der Waals surface area contributed by atoms with Gasteiger partial charge in [0, 0.05) is 0 Å². The van der Waals surface area contributed by atoms with Crippen LogP contribution in [-0.4, -0.2) is 0 Å². The van der Waals surface area contributed by atoms with Gasteiger partial charge in [-0.25, -0.2) is 0 Å². The minimum Gasteiger partial charge on any atom is -0.192 e. The first-order valence-electron chi connectivity index (χ1n) is 4.27. The maximum Gasteiger partial charge on any atom is 0.0991 e. The fourth-order valence-corrected chi connectivity index (χ4v) is 1.32. The van der Waals surface area contributed by atoms with Gasteiger partial charge in [-0.15, -0.1) is 0 Å². The number of rotatable bonds is 2. The predicted octanol–water partition coefficient (Wildman–Crippen LogP) is 2.82. The average Bonchev–Trinajstić information content (AvgIpc) is 2.09. The lowest BCUT2D eigenvalue weighted by Gasteiger charge is -2.03. The first-order valence-corrected chi connectivity index (χ1v) is 4.27. The molecular weight excluding hydrogens is 146 g/mol. The summed E-state index contributed by atoms with van der Waals surface area (Å²) in [5.41, 5.74) is 3.35. The second-order valence-corrected chi connectivity index (χ2v) is 3.00. The van der Waals surface area contributed by atoms with Crippen molar-refractivity contribution in [3.05, 3.63) is 34.9 Å². The zero-order chi connectivity index (χ0) is 8.97. The van der Waals surface area contributed by atoms with Crippen LogP contribution in [0.5, 0.6) is 0 Å². The van der Waals surface area contributed by atoms with E-state index in [9.17, 15) is 0 Å². The van der Waals surface area contributed by atoms with Gasteiger partial charge in [-0.05, 0) is 36.6 Å². The Labute approximate surface area is 73.6 Å². The Bertz CT molecular complexity index is 307. The summed E-state index contributed by atoms with van der Waals surface area (Å²) >= 11 is 0. The lowest BCUT2D eigenvalue weighted by Crippen LogP contribution is -1.88. The van der Waals surface area contributed by atoms with Crippen LogP contribution in [-0.2, 0) is 6.42 Å². The molecule has 0 saturated carbocycles. The van der Waals surface area contributed by atoms with Crippen molar-refractivity contribution in [3.8, 4) is 6.07 Å². The van der Waals surface area contributed by atoms with Crippen LogP contribution >= 0.6 is 0 Å². The normalized spacial score (nSPS) is 9.42. The molecule has 0 aliphatic heterocycles. The highest BCUT2D eigenvalue weighted by Gasteiger charge is 1.97. The van der Waals surface area contributed by atoms with Crippen molar-refractivity contribution < 1.29 is 0 Å². The molecule has 0 atom stereocenters. The number of nitriles is 1. The maximum absolute atomic E-state index is 8.63. The van der Waals surface area contributed by atoms with E-state index in [4.69, 9.17) is 5.26 Å². The molecule has 0 fully saturated rings. The SMILES string of the molecule is CCCc1ccc(C#N)cc1C.